The molecule has 0 radical (unpaired) electrons. The molecule has 2 N–H and O–H groups in total. The van der Waals surface area contributed by atoms with Gasteiger partial charge in [0.25, 0.3) is 0 Å². The highest BCUT2D eigenvalue weighted by Gasteiger charge is 2.62. The molecular formula is C24H43NO5. The number of aliphatic hydroxyl groups is 1. The maximum Gasteiger partial charge on any atom is 0.407 e. The molecule has 1 spiro atoms. The van der Waals surface area contributed by atoms with Gasteiger partial charge in [0.05, 0.1) is 19.3 Å². The van der Waals surface area contributed by atoms with E-state index in [0.29, 0.717) is 25.6 Å². The van der Waals surface area contributed by atoms with Gasteiger partial charge in [0.15, 0.2) is 0 Å². The molecule has 1 aliphatic heterocycles. The summed E-state index contributed by atoms with van der Waals surface area (Å²) in [5.41, 5.74) is 1.21. The molecular weight excluding hydrogens is 382 g/mol. The van der Waals surface area contributed by atoms with Crippen molar-refractivity contribution in [1.29, 1.82) is 0 Å². The van der Waals surface area contributed by atoms with Crippen LogP contribution in [-0.4, -0.2) is 47.9 Å². The summed E-state index contributed by atoms with van der Waals surface area (Å²) in [5.74, 6) is -0.339. The molecule has 2 atom stereocenters. The van der Waals surface area contributed by atoms with E-state index >= 15 is 0 Å². The molecule has 2 aliphatic rings. The van der Waals surface area contributed by atoms with Crippen LogP contribution in [0.2, 0.25) is 0 Å². The Morgan fingerprint density at radius 1 is 1.20 bits per heavy atom. The fourth-order valence-corrected chi connectivity index (χ4v) is 3.82. The highest BCUT2D eigenvalue weighted by atomic mass is 16.7. The predicted molar refractivity (Wildman–Crippen MR) is 118 cm³/mol. The van der Waals surface area contributed by atoms with Crippen molar-refractivity contribution in [1.82, 2.24) is 5.32 Å². The largest absolute Gasteiger partial charge is 0.444 e. The maximum atomic E-state index is 12.4. The van der Waals surface area contributed by atoms with Crippen LogP contribution in [0.3, 0.4) is 0 Å². The molecule has 0 aromatic rings. The van der Waals surface area contributed by atoms with E-state index in [9.17, 15) is 9.90 Å². The van der Waals surface area contributed by atoms with Gasteiger partial charge in [-0.05, 0) is 46.0 Å². The summed E-state index contributed by atoms with van der Waals surface area (Å²) < 4.78 is 17.8. The first-order chi connectivity index (χ1) is 13.8. The summed E-state index contributed by atoms with van der Waals surface area (Å²) in [5, 5.41) is 14.2. The lowest BCUT2D eigenvalue weighted by Gasteiger charge is -2.38. The molecule has 174 valence electrons. The average Bonchev–Trinajstić information content (AvgIpc) is 3.24. The second-order valence-corrected chi connectivity index (χ2v) is 11.0. The summed E-state index contributed by atoms with van der Waals surface area (Å²) >= 11 is 0. The Balaban J connectivity index is 2.18. The zero-order chi connectivity index (χ0) is 22.7. The van der Waals surface area contributed by atoms with E-state index in [1.165, 1.54) is 0 Å². The van der Waals surface area contributed by atoms with Crippen molar-refractivity contribution >= 4 is 6.09 Å². The minimum Gasteiger partial charge on any atom is -0.444 e. The van der Waals surface area contributed by atoms with Crippen molar-refractivity contribution in [3.8, 4) is 0 Å². The third-order valence-electron chi connectivity index (χ3n) is 5.57. The SMILES string of the molecule is CCCC[C@H](NC(=O)OC(C)(C)C)C(O)C1=C(CCC(C)C)C12OCC(C)(C)CO2. The standard InChI is InChI=1S/C24H43NO5/c1-9-10-11-18(25-21(27)30-22(4,5)6)20(26)19-17(13-12-16(2)3)24(19)28-14-23(7,8)15-29-24/h16,18,20,26H,9-15H2,1-8H3,(H,25,27)/t18-,20?/m0/s1. The Kier molecular flexibility index (Phi) is 8.03. The highest BCUT2D eigenvalue weighted by molar-refractivity contribution is 5.68. The molecule has 2 rings (SSSR count). The van der Waals surface area contributed by atoms with Gasteiger partial charge >= 0.3 is 6.09 Å². The first-order valence-corrected chi connectivity index (χ1v) is 11.5. The van der Waals surface area contributed by atoms with Gasteiger partial charge in [-0.1, -0.05) is 47.5 Å². The number of carbonyl (C=O) groups is 1. The third kappa shape index (κ3) is 6.44. The van der Waals surface area contributed by atoms with E-state index in [2.05, 4.69) is 39.9 Å². The second kappa shape index (κ2) is 9.58. The molecule has 1 amide bonds. The summed E-state index contributed by atoms with van der Waals surface area (Å²) in [7, 11) is 0. The van der Waals surface area contributed by atoms with Crippen LogP contribution >= 0.6 is 0 Å². The van der Waals surface area contributed by atoms with Crippen LogP contribution in [0.15, 0.2) is 11.1 Å². The molecule has 1 unspecified atom stereocenters. The summed E-state index contributed by atoms with van der Waals surface area (Å²) in [6.07, 6.45) is 3.01. The van der Waals surface area contributed by atoms with Crippen molar-refractivity contribution in [2.45, 2.75) is 111 Å². The first-order valence-electron chi connectivity index (χ1n) is 11.5. The Bertz CT molecular complexity index is 622. The number of aliphatic hydroxyl groups excluding tert-OH is 1. The van der Waals surface area contributed by atoms with Crippen LogP contribution in [0.4, 0.5) is 4.79 Å². The molecule has 0 aromatic carbocycles. The summed E-state index contributed by atoms with van der Waals surface area (Å²) in [4.78, 5) is 12.4. The minimum atomic E-state index is -0.885. The van der Waals surface area contributed by atoms with Crippen LogP contribution in [0, 0.1) is 11.3 Å². The smallest absolute Gasteiger partial charge is 0.407 e. The zero-order valence-electron chi connectivity index (χ0n) is 20.3. The summed E-state index contributed by atoms with van der Waals surface area (Å²) in [6.45, 7) is 17.3. The monoisotopic (exact) mass is 425 g/mol. The van der Waals surface area contributed by atoms with Gasteiger partial charge in [-0.15, -0.1) is 0 Å². The number of carbonyl (C=O) groups excluding carboxylic acids is 1. The fourth-order valence-electron chi connectivity index (χ4n) is 3.82. The number of nitrogens with one attached hydrogen (secondary N) is 1. The Hall–Kier alpha value is -1.11. The quantitative estimate of drug-likeness (QED) is 0.511. The van der Waals surface area contributed by atoms with Gasteiger partial charge in [-0.3, -0.25) is 0 Å². The Labute approximate surface area is 182 Å². The molecule has 0 aromatic heterocycles. The van der Waals surface area contributed by atoms with Crippen LogP contribution in [0.25, 0.3) is 0 Å². The van der Waals surface area contributed by atoms with Crippen molar-refractivity contribution < 1.29 is 24.1 Å². The lowest BCUT2D eigenvalue weighted by molar-refractivity contribution is -0.237. The van der Waals surface area contributed by atoms with Crippen LogP contribution in [0.1, 0.15) is 87.5 Å². The van der Waals surface area contributed by atoms with Gasteiger partial charge < -0.3 is 24.6 Å². The number of ether oxygens (including phenoxy) is 3. The van der Waals surface area contributed by atoms with E-state index in [4.69, 9.17) is 14.2 Å². The normalized spacial score (nSPS) is 22.2. The topological polar surface area (TPSA) is 77.0 Å². The zero-order valence-corrected chi connectivity index (χ0v) is 20.3. The molecule has 1 aliphatic carbocycles. The lowest BCUT2D eigenvalue weighted by atomic mass is 9.94. The third-order valence-corrected chi connectivity index (χ3v) is 5.57. The number of alkyl carbamates (subject to hydrolysis) is 1. The lowest BCUT2D eigenvalue weighted by Crippen LogP contribution is -2.48. The number of rotatable bonds is 9. The average molecular weight is 426 g/mol. The van der Waals surface area contributed by atoms with E-state index in [1.807, 2.05) is 20.8 Å². The molecule has 6 heteroatoms. The van der Waals surface area contributed by atoms with Crippen molar-refractivity contribution in [3.05, 3.63) is 11.1 Å². The van der Waals surface area contributed by atoms with E-state index in [0.717, 1.165) is 36.8 Å². The number of hydrogen-bond donors (Lipinski definition) is 2. The van der Waals surface area contributed by atoms with Gasteiger partial charge in [0.1, 0.15) is 11.7 Å². The molecule has 0 saturated carbocycles. The van der Waals surface area contributed by atoms with Crippen molar-refractivity contribution in [2.75, 3.05) is 13.2 Å². The first kappa shape index (κ1) is 25.2. The van der Waals surface area contributed by atoms with Gasteiger partial charge in [0, 0.05) is 16.6 Å². The highest BCUT2D eigenvalue weighted by Crippen LogP contribution is 2.56. The molecule has 1 saturated heterocycles. The molecule has 1 heterocycles. The molecule has 6 nitrogen and oxygen atoms in total. The Morgan fingerprint density at radius 2 is 1.80 bits per heavy atom. The second-order valence-electron chi connectivity index (χ2n) is 11.0. The van der Waals surface area contributed by atoms with E-state index < -0.39 is 29.6 Å². The predicted octanol–water partition coefficient (Wildman–Crippen LogP) is 4.95. The Morgan fingerprint density at radius 3 is 2.30 bits per heavy atom. The maximum absolute atomic E-state index is 12.4. The molecule has 30 heavy (non-hydrogen) atoms. The van der Waals surface area contributed by atoms with E-state index in [-0.39, 0.29) is 5.41 Å². The summed E-state index contributed by atoms with van der Waals surface area (Å²) in [6, 6.07) is -0.439. The van der Waals surface area contributed by atoms with Crippen molar-refractivity contribution in [2.24, 2.45) is 11.3 Å². The molecule has 0 bridgehead atoms. The van der Waals surface area contributed by atoms with Crippen LogP contribution in [-0.2, 0) is 14.2 Å². The van der Waals surface area contributed by atoms with Crippen LogP contribution < -0.4 is 5.32 Å². The van der Waals surface area contributed by atoms with Gasteiger partial charge in [0.2, 0.25) is 5.79 Å². The van der Waals surface area contributed by atoms with Crippen molar-refractivity contribution in [3.63, 3.8) is 0 Å². The van der Waals surface area contributed by atoms with E-state index in [1.54, 1.807) is 0 Å². The van der Waals surface area contributed by atoms with Gasteiger partial charge in [-0.2, -0.15) is 0 Å². The van der Waals surface area contributed by atoms with Crippen LogP contribution in [0.5, 0.6) is 0 Å². The number of unbranched alkanes of at least 4 members (excludes halogenated alkanes) is 1. The number of amides is 1. The fraction of sp³-hybridized carbons (Fsp3) is 0.875. The molecule has 1 fully saturated rings. The number of hydrogen-bond acceptors (Lipinski definition) is 5. The minimum absolute atomic E-state index is 0.0521. The van der Waals surface area contributed by atoms with Gasteiger partial charge in [-0.25, -0.2) is 4.79 Å².